The van der Waals surface area contributed by atoms with Gasteiger partial charge in [-0.3, -0.25) is 4.79 Å². The molecule has 1 aromatic heterocycles. The predicted molar refractivity (Wildman–Crippen MR) is 82.3 cm³/mol. The molecule has 0 amide bonds. The van der Waals surface area contributed by atoms with Gasteiger partial charge in [0.25, 0.3) is 0 Å². The van der Waals surface area contributed by atoms with Gasteiger partial charge in [0.05, 0.1) is 16.5 Å². The molecule has 1 heterocycles. The van der Waals surface area contributed by atoms with Crippen LogP contribution in [0.1, 0.15) is 28.1 Å². The molecule has 0 aliphatic heterocycles. The van der Waals surface area contributed by atoms with Crippen LogP contribution in [0.25, 0.3) is 0 Å². The maximum Gasteiger partial charge on any atom is 0.172 e. The molecule has 0 saturated heterocycles. The van der Waals surface area contributed by atoms with Crippen LogP contribution in [0.2, 0.25) is 0 Å². The van der Waals surface area contributed by atoms with Crippen LogP contribution in [-0.4, -0.2) is 19.4 Å². The maximum atomic E-state index is 11.9. The Morgan fingerprint density at radius 2 is 2.05 bits per heavy atom. The molecule has 0 spiro atoms. The lowest BCUT2D eigenvalue weighted by Gasteiger charge is -2.18. The number of nitrogens with zero attached hydrogens (tertiary/aromatic N) is 2. The minimum atomic E-state index is 0.216. The molecular formula is C16H16N2OS. The average molecular weight is 284 g/mol. The van der Waals surface area contributed by atoms with Crippen molar-refractivity contribution in [1.82, 2.24) is 0 Å². The summed E-state index contributed by atoms with van der Waals surface area (Å²) >= 11 is 1.50. The molecule has 0 N–H and O–H groups in total. The first kappa shape index (κ1) is 14.3. The van der Waals surface area contributed by atoms with Crippen molar-refractivity contribution < 1.29 is 4.79 Å². The van der Waals surface area contributed by atoms with E-state index in [2.05, 4.69) is 11.0 Å². The minimum Gasteiger partial charge on any atom is -0.375 e. The Balaban J connectivity index is 1.81. The monoisotopic (exact) mass is 284 g/mol. The summed E-state index contributed by atoms with van der Waals surface area (Å²) in [5.41, 5.74) is 1.72. The molecule has 2 rings (SSSR count). The van der Waals surface area contributed by atoms with Crippen molar-refractivity contribution in [2.45, 2.75) is 12.8 Å². The van der Waals surface area contributed by atoms with Crippen LogP contribution in [0.5, 0.6) is 0 Å². The van der Waals surface area contributed by atoms with Crippen LogP contribution >= 0.6 is 11.3 Å². The third-order valence-corrected chi connectivity index (χ3v) is 4.04. The number of hydrogen-bond acceptors (Lipinski definition) is 4. The van der Waals surface area contributed by atoms with Crippen molar-refractivity contribution in [1.29, 1.82) is 5.26 Å². The summed E-state index contributed by atoms with van der Waals surface area (Å²) in [4.78, 5) is 14.8. The van der Waals surface area contributed by atoms with Crippen LogP contribution in [-0.2, 0) is 0 Å². The van der Waals surface area contributed by atoms with Crippen molar-refractivity contribution in [2.24, 2.45) is 0 Å². The molecule has 0 aliphatic carbocycles. The van der Waals surface area contributed by atoms with Gasteiger partial charge in [0, 0.05) is 25.7 Å². The molecule has 1 aromatic carbocycles. The lowest BCUT2D eigenvalue weighted by Crippen LogP contribution is -2.19. The van der Waals surface area contributed by atoms with Crippen LogP contribution in [0.4, 0.5) is 5.69 Å². The summed E-state index contributed by atoms with van der Waals surface area (Å²) in [6.45, 7) is 0.822. The molecule has 0 unspecified atom stereocenters. The van der Waals surface area contributed by atoms with E-state index in [-0.39, 0.29) is 5.78 Å². The topological polar surface area (TPSA) is 44.1 Å². The lowest BCUT2D eigenvalue weighted by molar-refractivity contribution is 0.0984. The molecule has 20 heavy (non-hydrogen) atoms. The van der Waals surface area contributed by atoms with E-state index in [1.807, 2.05) is 48.8 Å². The Labute approximate surface area is 123 Å². The molecule has 0 radical (unpaired) electrons. The number of anilines is 1. The molecule has 2 aromatic rings. The van der Waals surface area contributed by atoms with Crippen molar-refractivity contribution in [3.63, 3.8) is 0 Å². The standard InChI is InChI=1S/C16H16N2OS/c1-18(14-8-6-13(12-17)7-9-14)10-2-4-15(19)16-5-3-11-20-16/h3,5-9,11H,2,4,10H2,1H3. The molecule has 102 valence electrons. The van der Waals surface area contributed by atoms with Gasteiger partial charge in [0.1, 0.15) is 0 Å². The molecule has 3 nitrogen and oxygen atoms in total. The number of rotatable bonds is 6. The second-order valence-electron chi connectivity index (χ2n) is 4.58. The number of carbonyl (C=O) groups excluding carboxylic acids is 1. The third kappa shape index (κ3) is 3.69. The van der Waals surface area contributed by atoms with Crippen LogP contribution in [0.15, 0.2) is 41.8 Å². The van der Waals surface area contributed by atoms with Crippen LogP contribution < -0.4 is 4.90 Å². The van der Waals surface area contributed by atoms with E-state index in [1.165, 1.54) is 11.3 Å². The van der Waals surface area contributed by atoms with Gasteiger partial charge in [-0.15, -0.1) is 11.3 Å². The van der Waals surface area contributed by atoms with E-state index in [0.29, 0.717) is 12.0 Å². The quantitative estimate of drug-likeness (QED) is 0.759. The van der Waals surface area contributed by atoms with Gasteiger partial charge in [-0.05, 0) is 42.1 Å². The second kappa shape index (κ2) is 6.88. The highest BCUT2D eigenvalue weighted by molar-refractivity contribution is 7.12. The molecule has 0 fully saturated rings. The Kier molecular flexibility index (Phi) is 4.91. The number of benzene rings is 1. The van der Waals surface area contributed by atoms with Crippen LogP contribution in [0, 0.1) is 11.3 Å². The summed E-state index contributed by atoms with van der Waals surface area (Å²) in [5.74, 6) is 0.216. The van der Waals surface area contributed by atoms with Gasteiger partial charge in [-0.2, -0.15) is 5.26 Å². The molecule has 0 atom stereocenters. The Morgan fingerprint density at radius 3 is 2.65 bits per heavy atom. The minimum absolute atomic E-state index is 0.216. The van der Waals surface area contributed by atoms with Gasteiger partial charge >= 0.3 is 0 Å². The molecule has 4 heteroatoms. The van der Waals surface area contributed by atoms with Gasteiger partial charge in [0.15, 0.2) is 5.78 Å². The number of nitriles is 1. The Hall–Kier alpha value is -2.12. The van der Waals surface area contributed by atoms with Crippen LogP contribution in [0.3, 0.4) is 0 Å². The fraction of sp³-hybridized carbons (Fsp3) is 0.250. The molecule has 0 aliphatic rings. The van der Waals surface area contributed by atoms with Gasteiger partial charge in [-0.25, -0.2) is 0 Å². The van der Waals surface area contributed by atoms with Crippen molar-refractivity contribution in [3.05, 3.63) is 52.2 Å². The van der Waals surface area contributed by atoms with E-state index >= 15 is 0 Å². The largest absolute Gasteiger partial charge is 0.375 e. The number of carbonyl (C=O) groups is 1. The van der Waals surface area contributed by atoms with E-state index in [1.54, 1.807) is 0 Å². The summed E-state index contributed by atoms with van der Waals surface area (Å²) in [7, 11) is 2.00. The second-order valence-corrected chi connectivity index (χ2v) is 5.53. The first-order chi connectivity index (χ1) is 9.70. The summed E-state index contributed by atoms with van der Waals surface area (Å²) in [6.07, 6.45) is 1.40. The Morgan fingerprint density at radius 1 is 1.30 bits per heavy atom. The van der Waals surface area contributed by atoms with E-state index in [0.717, 1.165) is 23.5 Å². The number of ketones is 1. The van der Waals surface area contributed by atoms with Crippen molar-refractivity contribution in [3.8, 4) is 6.07 Å². The van der Waals surface area contributed by atoms with E-state index < -0.39 is 0 Å². The van der Waals surface area contributed by atoms with Crippen molar-refractivity contribution >= 4 is 22.8 Å². The SMILES string of the molecule is CN(CCCC(=O)c1cccs1)c1ccc(C#N)cc1. The fourth-order valence-corrected chi connectivity index (χ4v) is 2.65. The fourth-order valence-electron chi connectivity index (χ4n) is 1.96. The first-order valence-corrected chi connectivity index (χ1v) is 7.36. The average Bonchev–Trinajstić information content (AvgIpc) is 3.01. The molecular weight excluding hydrogens is 268 g/mol. The zero-order chi connectivity index (χ0) is 14.4. The van der Waals surface area contributed by atoms with Gasteiger partial charge < -0.3 is 4.90 Å². The van der Waals surface area contributed by atoms with E-state index in [9.17, 15) is 4.79 Å². The van der Waals surface area contributed by atoms with E-state index in [4.69, 9.17) is 5.26 Å². The lowest BCUT2D eigenvalue weighted by atomic mass is 10.1. The summed E-state index contributed by atoms with van der Waals surface area (Å²) in [5, 5.41) is 10.7. The number of Topliss-reactive ketones (excluding diaryl/α,β-unsaturated/α-hetero) is 1. The van der Waals surface area contributed by atoms with Gasteiger partial charge in [-0.1, -0.05) is 6.07 Å². The highest BCUT2D eigenvalue weighted by atomic mass is 32.1. The third-order valence-electron chi connectivity index (χ3n) is 3.13. The normalized spacial score (nSPS) is 10.0. The molecule has 0 saturated carbocycles. The zero-order valence-electron chi connectivity index (χ0n) is 11.4. The first-order valence-electron chi connectivity index (χ1n) is 6.48. The maximum absolute atomic E-state index is 11.9. The number of hydrogen-bond donors (Lipinski definition) is 0. The van der Waals surface area contributed by atoms with Crippen molar-refractivity contribution in [2.75, 3.05) is 18.5 Å². The smallest absolute Gasteiger partial charge is 0.172 e. The summed E-state index contributed by atoms with van der Waals surface area (Å²) in [6, 6.07) is 13.4. The predicted octanol–water partition coefficient (Wildman–Crippen LogP) is 3.72. The summed E-state index contributed by atoms with van der Waals surface area (Å²) < 4.78 is 0. The highest BCUT2D eigenvalue weighted by Crippen LogP contribution is 2.16. The van der Waals surface area contributed by atoms with Gasteiger partial charge in [0.2, 0.25) is 0 Å². The Bertz CT molecular complexity index is 596. The molecule has 0 bridgehead atoms. The number of thiophene rings is 1. The highest BCUT2D eigenvalue weighted by Gasteiger charge is 2.07. The zero-order valence-corrected chi connectivity index (χ0v) is 12.2.